The number of morpholine rings is 1. The third-order valence-electron chi connectivity index (χ3n) is 5.14. The van der Waals surface area contributed by atoms with Crippen molar-refractivity contribution in [2.45, 2.75) is 38.0 Å². The standard InChI is InChI=1S/C18H23FN2O2/c1-22-18-4-2-3-16(18)17-12-23-8-7-21(17)11-14-9-15(19)6-5-13(14)10-20/h5-6,9,16-18H,2-4,7-8,11-12H2,1H3/t16-,17-,18+/m0/s1. The van der Waals surface area contributed by atoms with Crippen LogP contribution in [0.1, 0.15) is 30.4 Å². The van der Waals surface area contributed by atoms with E-state index in [0.717, 1.165) is 24.9 Å². The number of nitrogens with zero attached hydrogens (tertiary/aromatic N) is 2. The van der Waals surface area contributed by atoms with Gasteiger partial charge in [-0.25, -0.2) is 4.39 Å². The molecule has 0 amide bonds. The molecular formula is C18H23FN2O2. The summed E-state index contributed by atoms with van der Waals surface area (Å²) in [6, 6.07) is 6.82. The Morgan fingerprint density at radius 1 is 1.43 bits per heavy atom. The summed E-state index contributed by atoms with van der Waals surface area (Å²) in [4.78, 5) is 2.33. The van der Waals surface area contributed by atoms with Crippen LogP contribution in [0.3, 0.4) is 0 Å². The summed E-state index contributed by atoms with van der Waals surface area (Å²) < 4.78 is 24.9. The lowest BCUT2D eigenvalue weighted by molar-refractivity contribution is -0.0608. The second-order valence-electron chi connectivity index (χ2n) is 6.39. The van der Waals surface area contributed by atoms with E-state index in [0.29, 0.717) is 31.2 Å². The summed E-state index contributed by atoms with van der Waals surface area (Å²) in [5.41, 5.74) is 1.30. The van der Waals surface area contributed by atoms with Gasteiger partial charge in [-0.05, 0) is 36.6 Å². The van der Waals surface area contributed by atoms with Gasteiger partial charge in [0.15, 0.2) is 0 Å². The van der Waals surface area contributed by atoms with Crippen molar-refractivity contribution in [1.82, 2.24) is 4.90 Å². The van der Waals surface area contributed by atoms with Crippen LogP contribution in [0, 0.1) is 23.1 Å². The molecule has 2 aliphatic rings. The molecule has 1 aliphatic heterocycles. The molecule has 124 valence electrons. The highest BCUT2D eigenvalue weighted by atomic mass is 19.1. The first-order valence-corrected chi connectivity index (χ1v) is 8.26. The van der Waals surface area contributed by atoms with Gasteiger partial charge in [-0.15, -0.1) is 0 Å². The van der Waals surface area contributed by atoms with Gasteiger partial charge in [0.1, 0.15) is 5.82 Å². The Kier molecular flexibility index (Phi) is 5.27. The quantitative estimate of drug-likeness (QED) is 0.856. The van der Waals surface area contributed by atoms with Crippen molar-refractivity contribution in [3.05, 3.63) is 35.1 Å². The lowest BCUT2D eigenvalue weighted by Gasteiger charge is -2.40. The minimum atomic E-state index is -0.292. The molecule has 3 rings (SSSR count). The molecule has 5 heteroatoms. The minimum absolute atomic E-state index is 0.269. The molecule has 0 aromatic heterocycles. The molecule has 1 saturated carbocycles. The summed E-state index contributed by atoms with van der Waals surface area (Å²) in [6.45, 7) is 2.75. The van der Waals surface area contributed by atoms with Crippen LogP contribution in [0.5, 0.6) is 0 Å². The van der Waals surface area contributed by atoms with Crippen LogP contribution >= 0.6 is 0 Å². The molecule has 0 spiro atoms. The van der Waals surface area contributed by atoms with Gasteiger partial charge >= 0.3 is 0 Å². The van der Waals surface area contributed by atoms with E-state index in [-0.39, 0.29) is 18.0 Å². The van der Waals surface area contributed by atoms with Crippen LogP contribution in [-0.2, 0) is 16.0 Å². The van der Waals surface area contributed by atoms with Crippen LogP contribution < -0.4 is 0 Å². The zero-order valence-corrected chi connectivity index (χ0v) is 13.5. The van der Waals surface area contributed by atoms with Gasteiger partial charge in [0.2, 0.25) is 0 Å². The highest BCUT2D eigenvalue weighted by molar-refractivity contribution is 5.37. The maximum Gasteiger partial charge on any atom is 0.123 e. The zero-order chi connectivity index (χ0) is 16.2. The molecule has 1 aromatic rings. The smallest absolute Gasteiger partial charge is 0.123 e. The Balaban J connectivity index is 1.80. The monoisotopic (exact) mass is 318 g/mol. The fourth-order valence-corrected chi connectivity index (χ4v) is 3.96. The molecule has 4 nitrogen and oxygen atoms in total. The highest BCUT2D eigenvalue weighted by Gasteiger charge is 2.38. The van der Waals surface area contributed by atoms with Crippen LogP contribution in [0.15, 0.2) is 18.2 Å². The van der Waals surface area contributed by atoms with Gasteiger partial charge in [0.05, 0.1) is 31.0 Å². The minimum Gasteiger partial charge on any atom is -0.381 e. The lowest BCUT2D eigenvalue weighted by atomic mass is 9.93. The number of rotatable bonds is 4. The first-order valence-electron chi connectivity index (χ1n) is 8.26. The van der Waals surface area contributed by atoms with Gasteiger partial charge in [-0.1, -0.05) is 6.42 Å². The fourth-order valence-electron chi connectivity index (χ4n) is 3.96. The molecule has 2 fully saturated rings. The number of hydrogen-bond donors (Lipinski definition) is 0. The van der Waals surface area contributed by atoms with Crippen molar-refractivity contribution in [3.8, 4) is 6.07 Å². The van der Waals surface area contributed by atoms with E-state index in [1.807, 2.05) is 0 Å². The van der Waals surface area contributed by atoms with Crippen molar-refractivity contribution in [2.24, 2.45) is 5.92 Å². The van der Waals surface area contributed by atoms with Gasteiger partial charge < -0.3 is 9.47 Å². The maximum absolute atomic E-state index is 13.6. The van der Waals surface area contributed by atoms with Crippen molar-refractivity contribution >= 4 is 0 Å². The molecule has 0 N–H and O–H groups in total. The van der Waals surface area contributed by atoms with Gasteiger partial charge in [0, 0.05) is 32.2 Å². The Morgan fingerprint density at radius 2 is 2.30 bits per heavy atom. The van der Waals surface area contributed by atoms with E-state index in [1.54, 1.807) is 13.2 Å². The number of halogens is 1. The molecule has 0 bridgehead atoms. The number of ether oxygens (including phenoxy) is 2. The molecular weight excluding hydrogens is 295 g/mol. The predicted molar refractivity (Wildman–Crippen MR) is 84.3 cm³/mol. The van der Waals surface area contributed by atoms with E-state index >= 15 is 0 Å². The highest BCUT2D eigenvalue weighted by Crippen LogP contribution is 2.34. The topological polar surface area (TPSA) is 45.5 Å². The van der Waals surface area contributed by atoms with Crippen molar-refractivity contribution in [2.75, 3.05) is 26.9 Å². The first kappa shape index (κ1) is 16.4. The third kappa shape index (κ3) is 3.55. The average molecular weight is 318 g/mol. The van der Waals surface area contributed by atoms with E-state index in [1.165, 1.54) is 18.6 Å². The van der Waals surface area contributed by atoms with Gasteiger partial charge in [-0.2, -0.15) is 5.26 Å². The zero-order valence-electron chi connectivity index (χ0n) is 13.5. The number of nitriles is 1. The normalized spacial score (nSPS) is 28.7. The molecule has 1 saturated heterocycles. The van der Waals surface area contributed by atoms with Crippen LogP contribution in [0.2, 0.25) is 0 Å². The van der Waals surface area contributed by atoms with Crippen molar-refractivity contribution in [1.29, 1.82) is 5.26 Å². The van der Waals surface area contributed by atoms with Gasteiger partial charge in [0.25, 0.3) is 0 Å². The van der Waals surface area contributed by atoms with E-state index < -0.39 is 0 Å². The van der Waals surface area contributed by atoms with Crippen LogP contribution in [0.4, 0.5) is 4.39 Å². The summed E-state index contributed by atoms with van der Waals surface area (Å²) in [6.07, 6.45) is 3.68. The molecule has 1 aliphatic carbocycles. The number of hydrogen-bond acceptors (Lipinski definition) is 4. The van der Waals surface area contributed by atoms with Crippen molar-refractivity contribution < 1.29 is 13.9 Å². The number of benzene rings is 1. The Bertz CT molecular complexity index is 587. The van der Waals surface area contributed by atoms with E-state index in [9.17, 15) is 9.65 Å². The third-order valence-corrected chi connectivity index (χ3v) is 5.14. The van der Waals surface area contributed by atoms with E-state index in [2.05, 4.69) is 11.0 Å². The Labute approximate surface area is 136 Å². The molecule has 1 heterocycles. The predicted octanol–water partition coefficient (Wildman–Crippen LogP) is 2.71. The van der Waals surface area contributed by atoms with Crippen molar-refractivity contribution in [3.63, 3.8) is 0 Å². The Hall–Kier alpha value is -1.48. The summed E-state index contributed by atoms with van der Waals surface area (Å²) in [5, 5.41) is 9.26. The molecule has 1 aromatic carbocycles. The summed E-state index contributed by atoms with van der Waals surface area (Å²) in [5.74, 6) is 0.152. The summed E-state index contributed by atoms with van der Waals surface area (Å²) in [7, 11) is 1.78. The molecule has 23 heavy (non-hydrogen) atoms. The Morgan fingerprint density at radius 3 is 3.09 bits per heavy atom. The maximum atomic E-state index is 13.6. The largest absolute Gasteiger partial charge is 0.381 e. The van der Waals surface area contributed by atoms with Gasteiger partial charge in [-0.3, -0.25) is 4.90 Å². The second kappa shape index (κ2) is 7.39. The van der Waals surface area contributed by atoms with E-state index in [4.69, 9.17) is 9.47 Å². The average Bonchev–Trinajstić information content (AvgIpc) is 3.04. The fraction of sp³-hybridized carbons (Fsp3) is 0.611. The SMILES string of the molecule is CO[C@@H]1CCC[C@H]1[C@@H]1COCCN1Cc1cc(F)ccc1C#N. The number of methoxy groups -OCH3 is 1. The molecule has 0 unspecified atom stereocenters. The second-order valence-corrected chi connectivity index (χ2v) is 6.39. The first-order chi connectivity index (χ1) is 11.2. The molecule has 0 radical (unpaired) electrons. The van der Waals surface area contributed by atoms with Crippen LogP contribution in [0.25, 0.3) is 0 Å². The van der Waals surface area contributed by atoms with Crippen LogP contribution in [-0.4, -0.2) is 43.9 Å². The molecule has 3 atom stereocenters. The lowest BCUT2D eigenvalue weighted by Crippen LogP contribution is -2.51. The summed E-state index contributed by atoms with van der Waals surface area (Å²) >= 11 is 0.